The van der Waals surface area contributed by atoms with Gasteiger partial charge in [0.1, 0.15) is 0 Å². The van der Waals surface area contributed by atoms with Gasteiger partial charge in [0, 0.05) is 0 Å². The van der Waals surface area contributed by atoms with E-state index in [0.717, 1.165) is 18.8 Å². The van der Waals surface area contributed by atoms with Crippen LogP contribution in [0.4, 0.5) is 0 Å². The Bertz CT molecular complexity index is 124. The molecule has 0 amide bonds. The Morgan fingerprint density at radius 1 is 1.07 bits per heavy atom. The summed E-state index contributed by atoms with van der Waals surface area (Å²) in [6.07, 6.45) is 14.5. The minimum absolute atomic E-state index is 0.788. The van der Waals surface area contributed by atoms with Gasteiger partial charge >= 0.3 is 0 Å². The molecule has 0 aromatic rings. The van der Waals surface area contributed by atoms with Gasteiger partial charge in [0.2, 0.25) is 0 Å². The average molecular weight is 194 g/mol. The highest BCUT2D eigenvalue weighted by Gasteiger charge is 1.99. The van der Waals surface area contributed by atoms with Crippen molar-refractivity contribution >= 4 is 0 Å². The van der Waals surface area contributed by atoms with Crippen LogP contribution in [0.25, 0.3) is 0 Å². The van der Waals surface area contributed by atoms with Gasteiger partial charge in [0.25, 0.3) is 0 Å². The number of unbranched alkanes of at least 4 members (excludes halogenated alkanes) is 4. The van der Waals surface area contributed by atoms with Crippen LogP contribution in [0.5, 0.6) is 0 Å². The highest BCUT2D eigenvalue weighted by molar-refractivity contribution is 4.87. The molecule has 1 atom stereocenters. The van der Waals surface area contributed by atoms with E-state index in [1.165, 1.54) is 38.5 Å². The maximum Gasteiger partial charge on any atom is -0.0236 e. The maximum atomic E-state index is 3.88. The third-order valence-corrected chi connectivity index (χ3v) is 2.63. The molecule has 0 aliphatic heterocycles. The lowest BCUT2D eigenvalue weighted by molar-refractivity contribution is 0.546. The van der Waals surface area contributed by atoms with Crippen molar-refractivity contribution in [1.29, 1.82) is 0 Å². The summed E-state index contributed by atoms with van der Waals surface area (Å²) in [6, 6.07) is 0. The van der Waals surface area contributed by atoms with E-state index in [2.05, 4.69) is 32.9 Å². The van der Waals surface area contributed by atoms with Gasteiger partial charge in [-0.2, -0.15) is 0 Å². The van der Waals surface area contributed by atoms with Crippen LogP contribution in [0.2, 0.25) is 0 Å². The van der Waals surface area contributed by atoms with Gasteiger partial charge in [-0.25, -0.2) is 0 Å². The quantitative estimate of drug-likeness (QED) is 0.359. The standard InChI is InChI=1S/C14H26/c1-4-7-9-10-11-13-14(6-3)12-8-5-2/h11,13-14H,1-2,4-10,12H2,3H3. The molecule has 0 saturated heterocycles. The van der Waals surface area contributed by atoms with Gasteiger partial charge in [-0.15, -0.1) is 0 Å². The molecule has 2 radical (unpaired) electrons. The largest absolute Gasteiger partial charge is 0.0883 e. The molecular weight excluding hydrogens is 168 g/mol. The van der Waals surface area contributed by atoms with Crippen LogP contribution in [0.1, 0.15) is 58.3 Å². The Kier molecular flexibility index (Phi) is 10.6. The van der Waals surface area contributed by atoms with Crippen molar-refractivity contribution in [3.63, 3.8) is 0 Å². The lowest BCUT2D eigenvalue weighted by atomic mass is 9.98. The fourth-order valence-electron chi connectivity index (χ4n) is 1.57. The van der Waals surface area contributed by atoms with Crippen LogP contribution in [0, 0.1) is 19.8 Å². The van der Waals surface area contributed by atoms with Gasteiger partial charge in [-0.1, -0.05) is 58.6 Å². The number of allylic oxidation sites excluding steroid dienone is 2. The molecule has 1 unspecified atom stereocenters. The zero-order valence-electron chi connectivity index (χ0n) is 9.80. The van der Waals surface area contributed by atoms with Crippen LogP contribution in [0.3, 0.4) is 0 Å². The lowest BCUT2D eigenvalue weighted by Crippen LogP contribution is -1.93. The van der Waals surface area contributed by atoms with Crippen molar-refractivity contribution < 1.29 is 0 Å². The van der Waals surface area contributed by atoms with Crippen molar-refractivity contribution in [2.24, 2.45) is 5.92 Å². The molecule has 0 heteroatoms. The number of rotatable bonds is 9. The third-order valence-electron chi connectivity index (χ3n) is 2.63. The molecule has 0 N–H and O–H groups in total. The summed E-state index contributed by atoms with van der Waals surface area (Å²) in [4.78, 5) is 0. The summed E-state index contributed by atoms with van der Waals surface area (Å²) in [5.74, 6) is 0.788. The molecule has 0 aliphatic carbocycles. The van der Waals surface area contributed by atoms with Gasteiger partial charge in [0.15, 0.2) is 0 Å². The SMILES string of the molecule is [CH2]CCCCC=CC(CC)CCC[CH2]. The zero-order valence-corrected chi connectivity index (χ0v) is 9.80. The first-order valence-corrected chi connectivity index (χ1v) is 6.10. The van der Waals surface area contributed by atoms with Crippen molar-refractivity contribution in [2.75, 3.05) is 0 Å². The molecule has 0 aliphatic rings. The summed E-state index contributed by atoms with van der Waals surface area (Å²) >= 11 is 0. The molecule has 14 heavy (non-hydrogen) atoms. The zero-order chi connectivity index (χ0) is 10.6. The van der Waals surface area contributed by atoms with Gasteiger partial charge < -0.3 is 0 Å². The van der Waals surface area contributed by atoms with E-state index in [0.29, 0.717) is 0 Å². The normalized spacial score (nSPS) is 13.6. The Balaban J connectivity index is 3.47. The predicted molar refractivity (Wildman–Crippen MR) is 66.0 cm³/mol. The second-order valence-electron chi connectivity index (χ2n) is 3.94. The molecule has 0 spiro atoms. The molecule has 0 rings (SSSR count). The first kappa shape index (κ1) is 13.7. The fourth-order valence-corrected chi connectivity index (χ4v) is 1.57. The minimum Gasteiger partial charge on any atom is -0.0883 e. The smallest absolute Gasteiger partial charge is 0.0236 e. The Hall–Kier alpha value is -0.260. The summed E-state index contributed by atoms with van der Waals surface area (Å²) < 4.78 is 0. The Morgan fingerprint density at radius 3 is 2.36 bits per heavy atom. The van der Waals surface area contributed by atoms with E-state index in [1.807, 2.05) is 0 Å². The van der Waals surface area contributed by atoms with Gasteiger partial charge in [-0.05, 0) is 31.6 Å². The first-order valence-electron chi connectivity index (χ1n) is 6.10. The van der Waals surface area contributed by atoms with Crippen molar-refractivity contribution in [2.45, 2.75) is 58.3 Å². The Labute approximate surface area is 90.8 Å². The van der Waals surface area contributed by atoms with Crippen molar-refractivity contribution in [1.82, 2.24) is 0 Å². The second-order valence-corrected chi connectivity index (χ2v) is 3.94. The minimum atomic E-state index is 0.788. The fraction of sp³-hybridized carbons (Fsp3) is 0.714. The van der Waals surface area contributed by atoms with E-state index < -0.39 is 0 Å². The van der Waals surface area contributed by atoms with Crippen LogP contribution in [-0.2, 0) is 0 Å². The molecule has 82 valence electrons. The average Bonchev–Trinajstić information content (AvgIpc) is 2.22. The van der Waals surface area contributed by atoms with Gasteiger partial charge in [-0.3, -0.25) is 0 Å². The van der Waals surface area contributed by atoms with Crippen LogP contribution in [0.15, 0.2) is 12.2 Å². The molecule has 0 heterocycles. The summed E-state index contributed by atoms with van der Waals surface area (Å²) in [5, 5.41) is 0. The Morgan fingerprint density at radius 2 is 1.79 bits per heavy atom. The van der Waals surface area contributed by atoms with E-state index in [-0.39, 0.29) is 0 Å². The van der Waals surface area contributed by atoms with E-state index in [1.54, 1.807) is 0 Å². The number of hydrogen-bond acceptors (Lipinski definition) is 0. The molecule has 0 nitrogen and oxygen atoms in total. The third kappa shape index (κ3) is 8.34. The highest BCUT2D eigenvalue weighted by Crippen LogP contribution is 2.14. The van der Waals surface area contributed by atoms with E-state index >= 15 is 0 Å². The molecule has 0 saturated carbocycles. The monoisotopic (exact) mass is 194 g/mol. The predicted octanol–water partition coefficient (Wildman–Crippen LogP) is 4.97. The lowest BCUT2D eigenvalue weighted by Gasteiger charge is -2.08. The van der Waals surface area contributed by atoms with Crippen molar-refractivity contribution in [3.8, 4) is 0 Å². The van der Waals surface area contributed by atoms with Crippen LogP contribution in [-0.4, -0.2) is 0 Å². The molecule has 0 aromatic heterocycles. The van der Waals surface area contributed by atoms with Crippen LogP contribution < -0.4 is 0 Å². The summed E-state index contributed by atoms with van der Waals surface area (Å²) in [7, 11) is 0. The highest BCUT2D eigenvalue weighted by atomic mass is 14.0. The summed E-state index contributed by atoms with van der Waals surface area (Å²) in [5.41, 5.74) is 0. The van der Waals surface area contributed by atoms with Crippen LogP contribution >= 0.6 is 0 Å². The topological polar surface area (TPSA) is 0 Å². The molecular formula is C14H26. The first-order chi connectivity index (χ1) is 6.85. The molecule has 0 fully saturated rings. The maximum absolute atomic E-state index is 3.88. The molecule has 0 bridgehead atoms. The summed E-state index contributed by atoms with van der Waals surface area (Å²) in [6.45, 7) is 10.00. The van der Waals surface area contributed by atoms with Gasteiger partial charge in [0.05, 0.1) is 0 Å². The van der Waals surface area contributed by atoms with Crippen molar-refractivity contribution in [3.05, 3.63) is 26.0 Å². The second kappa shape index (κ2) is 10.8. The number of hydrogen-bond donors (Lipinski definition) is 0. The van der Waals surface area contributed by atoms with E-state index in [4.69, 9.17) is 0 Å². The van der Waals surface area contributed by atoms with E-state index in [9.17, 15) is 0 Å². The molecule has 0 aromatic carbocycles.